The molecule has 1 atom stereocenters. The summed E-state index contributed by atoms with van der Waals surface area (Å²) in [4.78, 5) is 18.5. The molecule has 7 aromatic rings. The monoisotopic (exact) mass is 685 g/mol. The average molecular weight is 686 g/mol. The van der Waals surface area contributed by atoms with Crippen molar-refractivity contribution in [2.75, 3.05) is 4.90 Å². The molecule has 10 rings (SSSR count). The maximum absolute atomic E-state index is 5.41. The molecule has 5 nitrogen and oxygen atoms in total. The Hall–Kier alpha value is -6.33. The Morgan fingerprint density at radius 3 is 2.25 bits per heavy atom. The molecule has 1 aliphatic heterocycles. The molecule has 3 aliphatic rings. The van der Waals surface area contributed by atoms with Crippen molar-refractivity contribution in [1.29, 1.82) is 0 Å². The smallest absolute Gasteiger partial charge is 0.220 e. The van der Waals surface area contributed by atoms with E-state index in [4.69, 9.17) is 15.0 Å². The van der Waals surface area contributed by atoms with Crippen molar-refractivity contribution in [3.8, 4) is 28.3 Å². The zero-order chi connectivity index (χ0) is 35.6. The van der Waals surface area contributed by atoms with E-state index in [0.717, 1.165) is 75.7 Å². The molecule has 1 unspecified atom stereocenters. The lowest BCUT2D eigenvalue weighted by Crippen LogP contribution is -2.25. The van der Waals surface area contributed by atoms with Gasteiger partial charge in [-0.15, -0.1) is 0 Å². The van der Waals surface area contributed by atoms with Crippen molar-refractivity contribution in [3.05, 3.63) is 168 Å². The number of rotatable bonds is 4. The van der Waals surface area contributed by atoms with E-state index in [0.29, 0.717) is 5.82 Å². The Balaban J connectivity index is 1.23. The fourth-order valence-corrected chi connectivity index (χ4v) is 8.44. The summed E-state index contributed by atoms with van der Waals surface area (Å²) in [6.07, 6.45) is 12.2. The number of para-hydroxylation sites is 2. The number of hydrogen-bond acceptors (Lipinski definition) is 4. The lowest BCUT2D eigenvalue weighted by Gasteiger charge is -2.32. The lowest BCUT2D eigenvalue weighted by atomic mass is 9.87. The van der Waals surface area contributed by atoms with Crippen molar-refractivity contribution in [2.24, 2.45) is 5.92 Å². The van der Waals surface area contributed by atoms with Crippen LogP contribution < -0.4 is 4.90 Å². The minimum absolute atomic E-state index is 0.254. The molecule has 0 radical (unpaired) electrons. The molecule has 5 aromatic carbocycles. The molecule has 0 amide bonds. The first-order valence-corrected chi connectivity index (χ1v) is 18.7. The van der Waals surface area contributed by atoms with E-state index in [2.05, 4.69) is 170 Å². The third-order valence-electron chi connectivity index (χ3n) is 11.1. The third-order valence-corrected chi connectivity index (χ3v) is 11.1. The van der Waals surface area contributed by atoms with E-state index in [-0.39, 0.29) is 5.92 Å². The highest BCUT2D eigenvalue weighted by molar-refractivity contribution is 5.99. The number of hydrogen-bond donors (Lipinski definition) is 0. The Morgan fingerprint density at radius 1 is 0.660 bits per heavy atom. The number of fused-ring (bicyclic) bond motifs is 7. The molecule has 0 saturated heterocycles. The summed E-state index contributed by atoms with van der Waals surface area (Å²) in [5.41, 5.74) is 15.6. The van der Waals surface area contributed by atoms with Gasteiger partial charge in [0.1, 0.15) is 0 Å². The van der Waals surface area contributed by atoms with Gasteiger partial charge in [-0.1, -0.05) is 116 Å². The van der Waals surface area contributed by atoms with Gasteiger partial charge in [-0.05, 0) is 85.9 Å². The number of benzene rings is 5. The Kier molecular flexibility index (Phi) is 7.36. The number of anilines is 2. The summed E-state index contributed by atoms with van der Waals surface area (Å²) in [6.45, 7) is 6.74. The molecular weight excluding hydrogens is 647 g/mol. The maximum Gasteiger partial charge on any atom is 0.220 e. The van der Waals surface area contributed by atoms with Gasteiger partial charge in [0.25, 0.3) is 0 Å². The predicted molar refractivity (Wildman–Crippen MR) is 219 cm³/mol. The van der Waals surface area contributed by atoms with Crippen LogP contribution in [0, 0.1) is 12.8 Å². The molecule has 0 N–H and O–H groups in total. The quantitative estimate of drug-likeness (QED) is 0.185. The first kappa shape index (κ1) is 31.4. The van der Waals surface area contributed by atoms with Gasteiger partial charge in [-0.3, -0.25) is 9.47 Å². The fourth-order valence-electron chi connectivity index (χ4n) is 8.44. The van der Waals surface area contributed by atoms with Crippen LogP contribution in [0.5, 0.6) is 0 Å². The summed E-state index contributed by atoms with van der Waals surface area (Å²) in [5.74, 6) is 1.86. The van der Waals surface area contributed by atoms with Crippen LogP contribution in [-0.4, -0.2) is 19.5 Å². The van der Waals surface area contributed by atoms with Gasteiger partial charge < -0.3 is 0 Å². The van der Waals surface area contributed by atoms with Crippen molar-refractivity contribution in [3.63, 3.8) is 0 Å². The van der Waals surface area contributed by atoms with Gasteiger partial charge in [0.2, 0.25) is 5.95 Å². The van der Waals surface area contributed by atoms with Crippen LogP contribution in [0.25, 0.3) is 61.3 Å². The molecule has 2 aromatic heterocycles. The van der Waals surface area contributed by atoms with E-state index in [1.807, 2.05) is 0 Å². The molecule has 0 saturated carbocycles. The Bertz CT molecular complexity index is 2740. The second kappa shape index (κ2) is 12.4. The SMILES string of the molecule is CC1=C(c2nc(-c3cccc(N4C5=C(C=CCC5C)c5cc6ccccc6cc5-n5c4nc4ccccc45)c3)nc(-c3ccccc3)c2C)C=CCC1. The van der Waals surface area contributed by atoms with E-state index >= 15 is 0 Å². The molecule has 256 valence electrons. The zero-order valence-electron chi connectivity index (χ0n) is 30.2. The van der Waals surface area contributed by atoms with Crippen LogP contribution in [-0.2, 0) is 0 Å². The van der Waals surface area contributed by atoms with Crippen molar-refractivity contribution < 1.29 is 0 Å². The van der Waals surface area contributed by atoms with Crippen molar-refractivity contribution in [2.45, 2.75) is 40.0 Å². The van der Waals surface area contributed by atoms with Gasteiger partial charge in [-0.25, -0.2) is 15.0 Å². The summed E-state index contributed by atoms with van der Waals surface area (Å²) in [6, 6.07) is 41.1. The Labute approximate surface area is 310 Å². The standard InChI is InChI=1S/C48H39N5/c1-30-15-7-10-23-38(30)45-32(3)44(33-17-5-4-6-18-33)50-47(51-45)36-21-14-22-37(27-36)52-46-31(2)16-13-24-39(46)40-28-34-19-8-9-20-35(34)29-43(40)53-42-26-12-11-25-41(42)49-48(52)53/h4-6,8-14,17-29,31H,7,15-16H2,1-3H3. The normalized spacial score (nSPS) is 16.6. The molecule has 5 heteroatoms. The van der Waals surface area contributed by atoms with E-state index < -0.39 is 0 Å². The van der Waals surface area contributed by atoms with Crippen LogP contribution >= 0.6 is 0 Å². The van der Waals surface area contributed by atoms with Crippen LogP contribution in [0.4, 0.5) is 11.6 Å². The number of nitrogens with zero attached hydrogens (tertiary/aromatic N) is 5. The molecule has 0 fully saturated rings. The summed E-state index contributed by atoms with van der Waals surface area (Å²) >= 11 is 0. The van der Waals surface area contributed by atoms with E-state index in [9.17, 15) is 0 Å². The molecule has 53 heavy (non-hydrogen) atoms. The topological polar surface area (TPSA) is 46.8 Å². The highest BCUT2D eigenvalue weighted by Crippen LogP contribution is 2.48. The van der Waals surface area contributed by atoms with Crippen LogP contribution in [0.3, 0.4) is 0 Å². The van der Waals surface area contributed by atoms with Gasteiger partial charge in [-0.2, -0.15) is 0 Å². The van der Waals surface area contributed by atoms with Gasteiger partial charge >= 0.3 is 0 Å². The highest BCUT2D eigenvalue weighted by atomic mass is 15.3. The predicted octanol–water partition coefficient (Wildman–Crippen LogP) is 12.2. The number of imidazole rings is 1. The molecule has 3 heterocycles. The van der Waals surface area contributed by atoms with Gasteiger partial charge in [0.05, 0.1) is 28.1 Å². The van der Waals surface area contributed by atoms with Crippen molar-refractivity contribution >= 4 is 44.6 Å². The zero-order valence-corrected chi connectivity index (χ0v) is 30.2. The number of allylic oxidation sites excluding steroid dienone is 8. The number of aromatic nitrogens is 4. The minimum Gasteiger partial charge on any atom is -0.283 e. The molecular formula is C48H39N5. The minimum atomic E-state index is 0.254. The maximum atomic E-state index is 5.41. The van der Waals surface area contributed by atoms with Crippen LogP contribution in [0.15, 0.2) is 151 Å². The van der Waals surface area contributed by atoms with Crippen LogP contribution in [0.1, 0.15) is 49.9 Å². The largest absolute Gasteiger partial charge is 0.283 e. The molecule has 0 bridgehead atoms. The Morgan fingerprint density at radius 2 is 1.40 bits per heavy atom. The second-order valence-corrected chi connectivity index (χ2v) is 14.5. The fraction of sp³-hybridized carbons (Fsp3) is 0.146. The van der Waals surface area contributed by atoms with Gasteiger partial charge in [0, 0.05) is 45.1 Å². The first-order chi connectivity index (χ1) is 26.0. The first-order valence-electron chi connectivity index (χ1n) is 18.7. The highest BCUT2D eigenvalue weighted by Gasteiger charge is 2.34. The summed E-state index contributed by atoms with van der Waals surface area (Å²) < 4.78 is 2.36. The third kappa shape index (κ3) is 5.10. The van der Waals surface area contributed by atoms with E-state index in [1.165, 1.54) is 38.8 Å². The summed E-state index contributed by atoms with van der Waals surface area (Å²) in [5, 5.41) is 2.44. The molecule has 2 aliphatic carbocycles. The average Bonchev–Trinajstić information content (AvgIpc) is 3.52. The molecule has 0 spiro atoms. The van der Waals surface area contributed by atoms with E-state index in [1.54, 1.807) is 0 Å². The van der Waals surface area contributed by atoms with Gasteiger partial charge in [0.15, 0.2) is 5.82 Å². The van der Waals surface area contributed by atoms with Crippen LogP contribution in [0.2, 0.25) is 0 Å². The lowest BCUT2D eigenvalue weighted by molar-refractivity contribution is 0.671. The van der Waals surface area contributed by atoms with Crippen molar-refractivity contribution in [1.82, 2.24) is 19.5 Å². The second-order valence-electron chi connectivity index (χ2n) is 14.5. The summed E-state index contributed by atoms with van der Waals surface area (Å²) in [7, 11) is 0.